The zero-order valence-electron chi connectivity index (χ0n) is 20.8. The maximum atomic E-state index is 13.0. The minimum absolute atomic E-state index is 0.0269. The molecule has 2 N–H and O–H groups in total. The predicted molar refractivity (Wildman–Crippen MR) is 136 cm³/mol. The van der Waals surface area contributed by atoms with Gasteiger partial charge in [0.1, 0.15) is 10.7 Å². The van der Waals surface area contributed by atoms with E-state index >= 15 is 0 Å². The van der Waals surface area contributed by atoms with Gasteiger partial charge < -0.3 is 19.6 Å². The van der Waals surface area contributed by atoms with Crippen LogP contribution >= 0.6 is 11.3 Å². The Balaban J connectivity index is 1.46. The van der Waals surface area contributed by atoms with E-state index < -0.39 is 6.10 Å². The fraction of sp³-hybridized carbons (Fsp3) is 0.760. The number of rotatable bonds is 11. The molecule has 0 saturated carbocycles. The minimum atomic E-state index is -0.588. The van der Waals surface area contributed by atoms with Crippen molar-refractivity contribution in [3.63, 3.8) is 0 Å². The molecule has 0 bridgehead atoms. The number of hydrogen-bond acceptors (Lipinski definition) is 8. The molecule has 0 spiro atoms. The molecule has 0 radical (unpaired) electrons. The SMILES string of the molecule is CC(C)COC[C@H](O)CN(CCN1CCOCC1)Cc1nc2sc3c(c2c(=O)[nH]1)CC[C@@H](C)C3. The zero-order chi connectivity index (χ0) is 24.1. The molecule has 9 heteroatoms. The number of aromatic nitrogens is 2. The lowest BCUT2D eigenvalue weighted by molar-refractivity contribution is 0.000565. The second-order valence-electron chi connectivity index (χ2n) is 10.3. The van der Waals surface area contributed by atoms with Crippen molar-refractivity contribution in [1.82, 2.24) is 19.8 Å². The largest absolute Gasteiger partial charge is 0.389 e. The standard InChI is InChI=1S/C25H40N4O4S/c1-17(2)15-33-16-19(30)13-29(7-6-28-8-10-32-11-9-28)14-22-26-24(31)23-20-5-4-18(3)12-21(20)34-25(23)27-22/h17-19,30H,4-16H2,1-3H3,(H,26,27,31)/t18-,19-/m1/s1. The highest BCUT2D eigenvalue weighted by Crippen LogP contribution is 2.35. The monoisotopic (exact) mass is 492 g/mol. The lowest BCUT2D eigenvalue weighted by Gasteiger charge is -2.30. The van der Waals surface area contributed by atoms with Crippen molar-refractivity contribution in [3.05, 3.63) is 26.6 Å². The Kier molecular flexibility index (Phi) is 9.12. The Labute approximate surface area is 206 Å². The van der Waals surface area contributed by atoms with Crippen LogP contribution in [-0.4, -0.2) is 90.1 Å². The van der Waals surface area contributed by atoms with E-state index in [4.69, 9.17) is 14.5 Å². The summed E-state index contributed by atoms with van der Waals surface area (Å²) in [5.41, 5.74) is 1.18. The maximum absolute atomic E-state index is 13.0. The summed E-state index contributed by atoms with van der Waals surface area (Å²) in [4.78, 5) is 27.7. The van der Waals surface area contributed by atoms with Gasteiger partial charge in [0.15, 0.2) is 0 Å². The molecule has 1 saturated heterocycles. The lowest BCUT2D eigenvalue weighted by Crippen LogP contribution is -2.43. The van der Waals surface area contributed by atoms with Crippen molar-refractivity contribution in [3.8, 4) is 0 Å². The van der Waals surface area contributed by atoms with Crippen LogP contribution in [0.2, 0.25) is 0 Å². The van der Waals surface area contributed by atoms with Crippen LogP contribution in [0.25, 0.3) is 10.2 Å². The summed E-state index contributed by atoms with van der Waals surface area (Å²) in [6.45, 7) is 13.4. The normalized spacial score (nSPS) is 20.4. The second kappa shape index (κ2) is 12.1. The van der Waals surface area contributed by atoms with E-state index in [1.165, 1.54) is 10.4 Å². The summed E-state index contributed by atoms with van der Waals surface area (Å²) in [6, 6.07) is 0. The van der Waals surface area contributed by atoms with Gasteiger partial charge in [-0.25, -0.2) is 4.98 Å². The summed E-state index contributed by atoms with van der Waals surface area (Å²) in [5.74, 6) is 1.76. The Morgan fingerprint density at radius 1 is 1.32 bits per heavy atom. The Morgan fingerprint density at radius 2 is 2.12 bits per heavy atom. The van der Waals surface area contributed by atoms with Crippen molar-refractivity contribution < 1.29 is 14.6 Å². The van der Waals surface area contributed by atoms with E-state index in [9.17, 15) is 9.90 Å². The van der Waals surface area contributed by atoms with Crippen LogP contribution in [-0.2, 0) is 28.9 Å². The Hall–Kier alpha value is -1.36. The number of ether oxygens (including phenoxy) is 2. The number of nitrogens with zero attached hydrogens (tertiary/aromatic N) is 3. The van der Waals surface area contributed by atoms with Gasteiger partial charge >= 0.3 is 0 Å². The maximum Gasteiger partial charge on any atom is 0.259 e. The number of aryl methyl sites for hydroxylation is 1. The highest BCUT2D eigenvalue weighted by atomic mass is 32.1. The number of fused-ring (bicyclic) bond motifs is 3. The van der Waals surface area contributed by atoms with Crippen LogP contribution < -0.4 is 5.56 Å². The van der Waals surface area contributed by atoms with Crippen LogP contribution in [0.4, 0.5) is 0 Å². The molecule has 2 aromatic heterocycles. The third-order valence-electron chi connectivity index (χ3n) is 6.65. The molecule has 4 rings (SSSR count). The number of morpholine rings is 1. The van der Waals surface area contributed by atoms with Crippen LogP contribution in [0.3, 0.4) is 0 Å². The summed E-state index contributed by atoms with van der Waals surface area (Å²) < 4.78 is 11.1. The van der Waals surface area contributed by atoms with Crippen LogP contribution in [0.15, 0.2) is 4.79 Å². The van der Waals surface area contributed by atoms with Gasteiger partial charge in [0.25, 0.3) is 5.56 Å². The average molecular weight is 493 g/mol. The van der Waals surface area contributed by atoms with Gasteiger partial charge in [-0.3, -0.25) is 14.6 Å². The van der Waals surface area contributed by atoms with Crippen molar-refractivity contribution >= 4 is 21.6 Å². The van der Waals surface area contributed by atoms with Gasteiger partial charge in [0, 0.05) is 44.2 Å². The van der Waals surface area contributed by atoms with Crippen molar-refractivity contribution in [2.45, 2.75) is 52.7 Å². The Bertz CT molecular complexity index is 985. The summed E-state index contributed by atoms with van der Waals surface area (Å²) >= 11 is 1.68. The van der Waals surface area contributed by atoms with Gasteiger partial charge in [0.05, 0.1) is 37.9 Å². The van der Waals surface area contributed by atoms with Crippen LogP contribution in [0.5, 0.6) is 0 Å². The lowest BCUT2D eigenvalue weighted by atomic mass is 9.89. The Morgan fingerprint density at radius 3 is 2.88 bits per heavy atom. The third kappa shape index (κ3) is 6.86. The van der Waals surface area contributed by atoms with Gasteiger partial charge in [-0.2, -0.15) is 0 Å². The molecule has 0 unspecified atom stereocenters. The van der Waals surface area contributed by atoms with Crippen molar-refractivity contribution in [1.29, 1.82) is 0 Å². The molecule has 1 aliphatic carbocycles. The topological polar surface area (TPSA) is 90.9 Å². The first kappa shape index (κ1) is 25.7. The van der Waals surface area contributed by atoms with E-state index in [1.54, 1.807) is 11.3 Å². The van der Waals surface area contributed by atoms with E-state index in [1.807, 2.05) is 0 Å². The molecule has 190 valence electrons. The molecule has 1 aliphatic heterocycles. The molecule has 2 aliphatic rings. The van der Waals surface area contributed by atoms with E-state index in [0.717, 1.165) is 68.9 Å². The number of aliphatic hydroxyl groups excluding tert-OH is 1. The predicted octanol–water partition coefficient (Wildman–Crippen LogP) is 2.28. The molecule has 0 amide bonds. The quantitative estimate of drug-likeness (QED) is 0.497. The van der Waals surface area contributed by atoms with Crippen molar-refractivity contribution in [2.24, 2.45) is 11.8 Å². The second-order valence-corrected chi connectivity index (χ2v) is 11.4. The number of aromatic amines is 1. The van der Waals surface area contributed by atoms with E-state index in [2.05, 4.69) is 35.6 Å². The first-order chi connectivity index (χ1) is 16.4. The average Bonchev–Trinajstić information content (AvgIpc) is 3.15. The van der Waals surface area contributed by atoms with E-state index in [-0.39, 0.29) is 5.56 Å². The molecular formula is C25H40N4O4S. The number of aliphatic hydroxyl groups is 1. The zero-order valence-corrected chi connectivity index (χ0v) is 21.7. The van der Waals surface area contributed by atoms with Crippen molar-refractivity contribution in [2.75, 3.05) is 59.2 Å². The molecule has 3 heterocycles. The summed E-state index contributed by atoms with van der Waals surface area (Å²) in [7, 11) is 0. The van der Waals surface area contributed by atoms with Crippen LogP contribution in [0.1, 0.15) is 43.5 Å². The highest BCUT2D eigenvalue weighted by molar-refractivity contribution is 7.18. The molecule has 34 heavy (non-hydrogen) atoms. The highest BCUT2D eigenvalue weighted by Gasteiger charge is 2.24. The molecule has 1 fully saturated rings. The summed E-state index contributed by atoms with van der Waals surface area (Å²) in [6.07, 6.45) is 2.55. The van der Waals surface area contributed by atoms with E-state index in [0.29, 0.717) is 44.0 Å². The van der Waals surface area contributed by atoms with Gasteiger partial charge in [-0.05, 0) is 36.7 Å². The third-order valence-corrected chi connectivity index (χ3v) is 7.80. The molecule has 2 atom stereocenters. The fourth-order valence-corrected chi connectivity index (χ4v) is 6.22. The number of thiophene rings is 1. The van der Waals surface area contributed by atoms with Gasteiger partial charge in [-0.15, -0.1) is 11.3 Å². The first-order valence-electron chi connectivity index (χ1n) is 12.7. The molecule has 8 nitrogen and oxygen atoms in total. The van der Waals surface area contributed by atoms with Crippen LogP contribution in [0, 0.1) is 11.8 Å². The molecule has 0 aromatic carbocycles. The fourth-order valence-electron chi connectivity index (χ4n) is 4.81. The number of hydrogen-bond donors (Lipinski definition) is 2. The molecule has 2 aromatic rings. The number of nitrogens with one attached hydrogen (secondary N) is 1. The smallest absolute Gasteiger partial charge is 0.259 e. The number of H-pyrrole nitrogens is 1. The first-order valence-corrected chi connectivity index (χ1v) is 13.5. The summed E-state index contributed by atoms with van der Waals surface area (Å²) in [5, 5.41) is 11.4. The minimum Gasteiger partial charge on any atom is -0.389 e. The van der Waals surface area contributed by atoms with Gasteiger partial charge in [0.2, 0.25) is 0 Å². The molecular weight excluding hydrogens is 452 g/mol. The van der Waals surface area contributed by atoms with Gasteiger partial charge in [-0.1, -0.05) is 20.8 Å².